The van der Waals surface area contributed by atoms with E-state index in [1.807, 2.05) is 0 Å². The summed E-state index contributed by atoms with van der Waals surface area (Å²) in [6.07, 6.45) is 1.87. The first-order chi connectivity index (χ1) is 9.62. The summed E-state index contributed by atoms with van der Waals surface area (Å²) in [4.78, 5) is 0. The first kappa shape index (κ1) is 19.4. The van der Waals surface area contributed by atoms with Gasteiger partial charge in [0.05, 0.1) is 15.7 Å². The van der Waals surface area contributed by atoms with E-state index in [2.05, 4.69) is 79.7 Å². The molecule has 2 atom stereocenters. The van der Waals surface area contributed by atoms with E-state index in [0.717, 1.165) is 12.8 Å². The minimum atomic E-state index is -0.341. The van der Waals surface area contributed by atoms with Crippen LogP contribution in [0.1, 0.15) is 79.4 Å². The summed E-state index contributed by atoms with van der Waals surface area (Å²) in [6, 6.07) is 8.55. The Morgan fingerprint density at radius 1 is 0.682 bits per heavy atom. The molecule has 22 heavy (non-hydrogen) atoms. The van der Waals surface area contributed by atoms with E-state index >= 15 is 0 Å². The molecular weight excluding hydrogens is 262 g/mol. The first-order valence-electron chi connectivity index (χ1n) is 8.31. The maximum Gasteiger partial charge on any atom is 0.0806 e. The van der Waals surface area contributed by atoms with Crippen LogP contribution < -0.4 is 0 Å². The van der Waals surface area contributed by atoms with Crippen molar-refractivity contribution in [1.82, 2.24) is 0 Å². The molecule has 0 aromatic heterocycles. The fourth-order valence-corrected chi connectivity index (χ4v) is 3.64. The lowest BCUT2D eigenvalue weighted by Gasteiger charge is -2.37. The molecule has 2 unspecified atom stereocenters. The third-order valence-corrected chi connectivity index (χ3v) is 3.98. The molecule has 1 aromatic carbocycles. The summed E-state index contributed by atoms with van der Waals surface area (Å²) in [5, 5.41) is -0.682. The maximum atomic E-state index is 6.62. The molecule has 118 valence electrons. The van der Waals surface area contributed by atoms with Gasteiger partial charge in [0.1, 0.15) is 0 Å². The van der Waals surface area contributed by atoms with Gasteiger partial charge >= 0.3 is 0 Å². The van der Waals surface area contributed by atoms with Crippen molar-refractivity contribution in [3.63, 3.8) is 0 Å². The number of benzene rings is 1. The Balaban J connectivity index is 3.14. The van der Waals surface area contributed by atoms with Crippen molar-refractivity contribution >= 4 is 15.7 Å². The highest BCUT2D eigenvalue weighted by Gasteiger charge is 2.30. The molecule has 4 radical (unpaired) electrons. The molecule has 0 heterocycles. The van der Waals surface area contributed by atoms with Gasteiger partial charge in [0.25, 0.3) is 0 Å². The van der Waals surface area contributed by atoms with Crippen molar-refractivity contribution in [3.8, 4) is 0 Å². The van der Waals surface area contributed by atoms with Gasteiger partial charge in [0, 0.05) is 0 Å². The van der Waals surface area contributed by atoms with Crippen LogP contribution in [0.2, 0.25) is 0 Å². The van der Waals surface area contributed by atoms with Gasteiger partial charge < -0.3 is 0 Å². The lowest BCUT2D eigenvalue weighted by molar-refractivity contribution is 0.323. The fraction of sp³-hybridized carbons (Fsp3) is 0.700. The average Bonchev–Trinajstić information content (AvgIpc) is 2.22. The Bertz CT molecular complexity index is 456. The molecule has 1 aromatic rings. The van der Waals surface area contributed by atoms with Crippen molar-refractivity contribution in [2.75, 3.05) is 0 Å². The molecule has 0 amide bonds. The SMILES string of the molecule is [B]C(C)(CC(C)(C)C)c1cccc(C([B])(C)CC(C)(C)C)c1. The summed E-state index contributed by atoms with van der Waals surface area (Å²) < 4.78 is 0. The van der Waals surface area contributed by atoms with Crippen LogP contribution in [0.5, 0.6) is 0 Å². The minimum Gasteiger partial charge on any atom is -0.0637 e. The largest absolute Gasteiger partial charge is 0.0806 e. The van der Waals surface area contributed by atoms with Crippen LogP contribution in [0.15, 0.2) is 24.3 Å². The Labute approximate surface area is 141 Å². The highest BCUT2D eigenvalue weighted by molar-refractivity contribution is 6.16. The number of hydrogen-bond acceptors (Lipinski definition) is 0. The molecule has 2 heteroatoms. The van der Waals surface area contributed by atoms with Gasteiger partial charge in [-0.1, -0.05) is 90.8 Å². The van der Waals surface area contributed by atoms with Crippen molar-refractivity contribution in [2.24, 2.45) is 10.8 Å². The lowest BCUT2D eigenvalue weighted by Crippen LogP contribution is -2.31. The second-order valence-corrected chi connectivity index (χ2v) is 9.89. The zero-order valence-corrected chi connectivity index (χ0v) is 15.9. The summed E-state index contributed by atoms with van der Waals surface area (Å²) >= 11 is 0. The third kappa shape index (κ3) is 5.86. The van der Waals surface area contributed by atoms with Gasteiger partial charge in [-0.2, -0.15) is 0 Å². The molecule has 1 rings (SSSR count). The van der Waals surface area contributed by atoms with Gasteiger partial charge in [-0.25, -0.2) is 0 Å². The van der Waals surface area contributed by atoms with Crippen LogP contribution in [-0.2, 0) is 10.6 Å². The van der Waals surface area contributed by atoms with Crippen LogP contribution in [0.25, 0.3) is 0 Å². The van der Waals surface area contributed by atoms with E-state index in [-0.39, 0.29) is 21.5 Å². The van der Waals surface area contributed by atoms with Crippen LogP contribution in [0.3, 0.4) is 0 Å². The molecular formula is C20H32B2. The predicted molar refractivity (Wildman–Crippen MR) is 101 cm³/mol. The molecule has 0 N–H and O–H groups in total. The first-order valence-corrected chi connectivity index (χ1v) is 8.31. The van der Waals surface area contributed by atoms with Crippen LogP contribution in [0.4, 0.5) is 0 Å². The van der Waals surface area contributed by atoms with E-state index < -0.39 is 0 Å². The summed E-state index contributed by atoms with van der Waals surface area (Å²) in [6.45, 7) is 17.6. The standard InChI is InChI=1S/C20H32B2/c1-17(2,3)13-19(7,21)15-10-9-11-16(12-15)20(8,22)14-18(4,5)6/h9-12H,13-14H2,1-8H3. The molecule has 0 spiro atoms. The van der Waals surface area contributed by atoms with Crippen LogP contribution >= 0.6 is 0 Å². The second-order valence-electron chi connectivity index (χ2n) is 9.89. The lowest BCUT2D eigenvalue weighted by atomic mass is 9.56. The zero-order valence-electron chi connectivity index (χ0n) is 15.9. The van der Waals surface area contributed by atoms with E-state index in [4.69, 9.17) is 15.7 Å². The summed E-state index contributed by atoms with van der Waals surface area (Å²) in [7, 11) is 13.2. The molecule has 0 fully saturated rings. The highest BCUT2D eigenvalue weighted by Crippen LogP contribution is 2.38. The molecule has 0 bridgehead atoms. The zero-order chi connectivity index (χ0) is 17.4. The molecule has 0 aliphatic carbocycles. The third-order valence-electron chi connectivity index (χ3n) is 3.98. The molecule has 0 saturated heterocycles. The molecule has 0 aliphatic heterocycles. The Morgan fingerprint density at radius 2 is 1.00 bits per heavy atom. The van der Waals surface area contributed by atoms with Gasteiger partial charge in [-0.3, -0.25) is 0 Å². The highest BCUT2D eigenvalue weighted by atomic mass is 14.3. The average molecular weight is 294 g/mol. The molecule has 0 nitrogen and oxygen atoms in total. The van der Waals surface area contributed by atoms with Crippen LogP contribution in [0, 0.1) is 10.8 Å². The number of hydrogen-bond donors (Lipinski definition) is 0. The van der Waals surface area contributed by atoms with Gasteiger partial charge in [-0.05, 0) is 34.3 Å². The second kappa shape index (κ2) is 6.10. The Morgan fingerprint density at radius 3 is 1.27 bits per heavy atom. The van der Waals surface area contributed by atoms with E-state index in [1.165, 1.54) is 11.1 Å². The summed E-state index contributed by atoms with van der Waals surface area (Å²) in [5.74, 6) is 0. The Hall–Kier alpha value is -0.650. The van der Waals surface area contributed by atoms with Gasteiger partial charge in [0.15, 0.2) is 0 Å². The molecule has 0 saturated carbocycles. The van der Waals surface area contributed by atoms with E-state index in [1.54, 1.807) is 0 Å². The monoisotopic (exact) mass is 294 g/mol. The summed E-state index contributed by atoms with van der Waals surface area (Å²) in [5.41, 5.74) is 2.73. The van der Waals surface area contributed by atoms with Crippen molar-refractivity contribution in [1.29, 1.82) is 0 Å². The van der Waals surface area contributed by atoms with Gasteiger partial charge in [0.2, 0.25) is 0 Å². The predicted octanol–water partition coefficient (Wildman–Crippen LogP) is 5.33. The van der Waals surface area contributed by atoms with Crippen molar-refractivity contribution < 1.29 is 0 Å². The fourth-order valence-electron chi connectivity index (χ4n) is 3.64. The smallest absolute Gasteiger partial charge is 0.0637 e. The van der Waals surface area contributed by atoms with E-state index in [0.29, 0.717) is 0 Å². The van der Waals surface area contributed by atoms with Crippen molar-refractivity contribution in [3.05, 3.63) is 35.4 Å². The quantitative estimate of drug-likeness (QED) is 0.659. The number of rotatable bonds is 4. The Kier molecular flexibility index (Phi) is 5.38. The minimum absolute atomic E-state index is 0.191. The van der Waals surface area contributed by atoms with E-state index in [9.17, 15) is 0 Å². The molecule has 0 aliphatic rings. The van der Waals surface area contributed by atoms with Gasteiger partial charge in [-0.15, -0.1) is 0 Å². The maximum absolute atomic E-state index is 6.62. The van der Waals surface area contributed by atoms with Crippen LogP contribution in [-0.4, -0.2) is 15.7 Å². The van der Waals surface area contributed by atoms with Crippen molar-refractivity contribution in [2.45, 2.75) is 78.9 Å². The topological polar surface area (TPSA) is 0 Å². The normalized spacial score (nSPS) is 18.5.